The van der Waals surface area contributed by atoms with Crippen LogP contribution in [0, 0.1) is 0 Å². The molecule has 1 aromatic carbocycles. The molecule has 3 rings (SSSR count). The van der Waals surface area contributed by atoms with Crippen LogP contribution in [0.15, 0.2) is 45.4 Å². The van der Waals surface area contributed by atoms with E-state index in [1.54, 1.807) is 7.11 Å². The van der Waals surface area contributed by atoms with Crippen LogP contribution in [-0.2, 0) is 13.5 Å². The van der Waals surface area contributed by atoms with Crippen molar-refractivity contribution in [2.45, 2.75) is 6.42 Å². The first kappa shape index (κ1) is 18.6. The standard InChI is InChI=1S/C18H18N4O4S/c1-22-17(24)14(9-20-18(22)25)15(23)19-8-7-12-10-27-16(21-12)11-3-5-13(26-2)6-4-11/h3-6,9-10H,7-8H2,1-2H3,(H,19,23)(H,20,25). The predicted molar refractivity (Wildman–Crippen MR) is 102 cm³/mol. The normalized spacial score (nSPS) is 10.6. The molecule has 0 atom stereocenters. The number of carbonyl (C=O) groups excluding carboxylic acids is 1. The van der Waals surface area contributed by atoms with Crippen LogP contribution in [0.2, 0.25) is 0 Å². The summed E-state index contributed by atoms with van der Waals surface area (Å²) in [5.74, 6) is 0.254. The second kappa shape index (κ2) is 8.00. The second-order valence-electron chi connectivity index (χ2n) is 5.75. The van der Waals surface area contributed by atoms with Crippen LogP contribution in [0.5, 0.6) is 5.75 Å². The molecule has 0 bridgehead atoms. The molecule has 2 heterocycles. The van der Waals surface area contributed by atoms with Crippen molar-refractivity contribution in [2.75, 3.05) is 13.7 Å². The zero-order valence-corrected chi connectivity index (χ0v) is 15.6. The van der Waals surface area contributed by atoms with E-state index in [4.69, 9.17) is 4.74 Å². The van der Waals surface area contributed by atoms with Gasteiger partial charge < -0.3 is 15.0 Å². The number of nitrogens with one attached hydrogen (secondary N) is 2. The highest BCUT2D eigenvalue weighted by Crippen LogP contribution is 2.25. The highest BCUT2D eigenvalue weighted by Gasteiger charge is 2.13. The van der Waals surface area contributed by atoms with E-state index >= 15 is 0 Å². The first-order valence-electron chi connectivity index (χ1n) is 8.15. The number of nitrogens with zero attached hydrogens (tertiary/aromatic N) is 2. The quantitative estimate of drug-likeness (QED) is 0.662. The summed E-state index contributed by atoms with van der Waals surface area (Å²) < 4.78 is 6.00. The van der Waals surface area contributed by atoms with Crippen LogP contribution in [0.1, 0.15) is 16.1 Å². The third-order valence-electron chi connectivity index (χ3n) is 3.98. The zero-order chi connectivity index (χ0) is 19.4. The van der Waals surface area contributed by atoms with Gasteiger partial charge in [0, 0.05) is 37.2 Å². The number of hydrogen-bond donors (Lipinski definition) is 2. The molecule has 1 amide bonds. The van der Waals surface area contributed by atoms with Gasteiger partial charge in [0.2, 0.25) is 0 Å². The number of aromatic amines is 1. The molecule has 27 heavy (non-hydrogen) atoms. The van der Waals surface area contributed by atoms with Crippen LogP contribution in [-0.4, -0.2) is 34.1 Å². The number of hydrogen-bond acceptors (Lipinski definition) is 6. The lowest BCUT2D eigenvalue weighted by Crippen LogP contribution is -2.39. The van der Waals surface area contributed by atoms with E-state index in [-0.39, 0.29) is 5.56 Å². The van der Waals surface area contributed by atoms with Gasteiger partial charge >= 0.3 is 5.69 Å². The van der Waals surface area contributed by atoms with E-state index in [1.807, 2.05) is 29.6 Å². The highest BCUT2D eigenvalue weighted by molar-refractivity contribution is 7.13. The molecule has 140 valence electrons. The van der Waals surface area contributed by atoms with Crippen LogP contribution in [0.4, 0.5) is 0 Å². The largest absolute Gasteiger partial charge is 0.497 e. The molecule has 0 spiro atoms. The maximum atomic E-state index is 12.1. The summed E-state index contributed by atoms with van der Waals surface area (Å²) in [6.45, 7) is 0.326. The molecule has 0 saturated carbocycles. The number of amides is 1. The van der Waals surface area contributed by atoms with Gasteiger partial charge in [0.15, 0.2) is 0 Å². The van der Waals surface area contributed by atoms with Gasteiger partial charge in [-0.15, -0.1) is 11.3 Å². The Morgan fingerprint density at radius 2 is 2.04 bits per heavy atom. The predicted octanol–water partition coefficient (Wildman–Crippen LogP) is 1.18. The summed E-state index contributed by atoms with van der Waals surface area (Å²) in [6.07, 6.45) is 1.66. The lowest BCUT2D eigenvalue weighted by atomic mass is 10.2. The Morgan fingerprint density at radius 3 is 2.74 bits per heavy atom. The number of rotatable bonds is 6. The minimum atomic E-state index is -0.633. The molecule has 0 fully saturated rings. The Hall–Kier alpha value is -3.20. The molecule has 0 radical (unpaired) electrons. The number of aromatic nitrogens is 3. The van der Waals surface area contributed by atoms with Crippen molar-refractivity contribution in [3.05, 3.63) is 67.9 Å². The maximum Gasteiger partial charge on any atom is 0.328 e. The van der Waals surface area contributed by atoms with Crippen molar-refractivity contribution in [3.8, 4) is 16.3 Å². The van der Waals surface area contributed by atoms with Crippen LogP contribution in [0.3, 0.4) is 0 Å². The minimum Gasteiger partial charge on any atom is -0.497 e. The molecule has 8 nitrogen and oxygen atoms in total. The summed E-state index contributed by atoms with van der Waals surface area (Å²) in [4.78, 5) is 42.3. The number of benzene rings is 1. The second-order valence-corrected chi connectivity index (χ2v) is 6.61. The van der Waals surface area contributed by atoms with Crippen LogP contribution in [0.25, 0.3) is 10.6 Å². The summed E-state index contributed by atoms with van der Waals surface area (Å²) in [5.41, 5.74) is 0.541. The van der Waals surface area contributed by atoms with Gasteiger partial charge in [-0.3, -0.25) is 14.2 Å². The number of carbonyl (C=O) groups is 1. The third-order valence-corrected chi connectivity index (χ3v) is 4.92. The Morgan fingerprint density at radius 1 is 1.30 bits per heavy atom. The van der Waals surface area contributed by atoms with E-state index in [0.717, 1.165) is 32.8 Å². The molecule has 9 heteroatoms. The first-order chi connectivity index (χ1) is 13.0. The molecule has 0 unspecified atom stereocenters. The fourth-order valence-corrected chi connectivity index (χ4v) is 3.28. The zero-order valence-electron chi connectivity index (χ0n) is 14.8. The summed E-state index contributed by atoms with van der Waals surface area (Å²) in [7, 11) is 2.93. The summed E-state index contributed by atoms with van der Waals surface area (Å²) >= 11 is 1.52. The number of thiazole rings is 1. The lowest BCUT2D eigenvalue weighted by Gasteiger charge is -2.04. The summed E-state index contributed by atoms with van der Waals surface area (Å²) in [6, 6.07) is 7.63. The van der Waals surface area contributed by atoms with E-state index < -0.39 is 17.2 Å². The Bertz CT molecular complexity index is 1070. The molecular formula is C18H18N4O4S. The van der Waals surface area contributed by atoms with Crippen LogP contribution < -0.4 is 21.3 Å². The number of ether oxygens (including phenoxy) is 1. The molecule has 0 aliphatic carbocycles. The smallest absolute Gasteiger partial charge is 0.328 e. The molecule has 0 saturated heterocycles. The van der Waals surface area contributed by atoms with Crippen molar-refractivity contribution in [2.24, 2.45) is 7.05 Å². The first-order valence-corrected chi connectivity index (χ1v) is 9.03. The molecule has 0 aliphatic rings. The van der Waals surface area contributed by atoms with Gasteiger partial charge in [0.1, 0.15) is 16.3 Å². The van der Waals surface area contributed by atoms with E-state index in [2.05, 4.69) is 15.3 Å². The average molecular weight is 386 g/mol. The van der Waals surface area contributed by atoms with Gasteiger partial charge in [-0.1, -0.05) is 0 Å². The topological polar surface area (TPSA) is 106 Å². The Labute approximate surface area is 158 Å². The maximum absolute atomic E-state index is 12.1. The fourth-order valence-electron chi connectivity index (χ4n) is 2.42. The third kappa shape index (κ3) is 4.14. The van der Waals surface area contributed by atoms with Crippen molar-refractivity contribution in [1.29, 1.82) is 0 Å². The van der Waals surface area contributed by atoms with E-state index in [9.17, 15) is 14.4 Å². The van der Waals surface area contributed by atoms with E-state index in [0.29, 0.717) is 13.0 Å². The molecule has 3 aromatic rings. The molecule has 2 aromatic heterocycles. The van der Waals surface area contributed by atoms with Gasteiger partial charge in [0.05, 0.1) is 12.8 Å². The highest BCUT2D eigenvalue weighted by atomic mass is 32.1. The monoisotopic (exact) mass is 386 g/mol. The van der Waals surface area contributed by atoms with Crippen molar-refractivity contribution < 1.29 is 9.53 Å². The lowest BCUT2D eigenvalue weighted by molar-refractivity contribution is 0.0951. The Balaban J connectivity index is 1.60. The molecule has 2 N–H and O–H groups in total. The molecular weight excluding hydrogens is 368 g/mol. The average Bonchev–Trinajstić information content (AvgIpc) is 3.15. The Kier molecular flexibility index (Phi) is 5.51. The minimum absolute atomic E-state index is 0.103. The van der Waals surface area contributed by atoms with Crippen molar-refractivity contribution >= 4 is 17.2 Å². The number of H-pyrrole nitrogens is 1. The van der Waals surface area contributed by atoms with Crippen molar-refractivity contribution in [3.63, 3.8) is 0 Å². The van der Waals surface area contributed by atoms with Gasteiger partial charge in [0.25, 0.3) is 11.5 Å². The molecule has 0 aliphatic heterocycles. The number of methoxy groups -OCH3 is 1. The SMILES string of the molecule is COc1ccc(-c2nc(CCNC(=O)c3c[nH]c(=O)n(C)c3=O)cs2)cc1. The van der Waals surface area contributed by atoms with E-state index in [1.165, 1.54) is 18.4 Å². The van der Waals surface area contributed by atoms with Crippen molar-refractivity contribution in [1.82, 2.24) is 19.9 Å². The van der Waals surface area contributed by atoms with Gasteiger partial charge in [-0.2, -0.15) is 0 Å². The fraction of sp³-hybridized carbons (Fsp3) is 0.222. The summed E-state index contributed by atoms with van der Waals surface area (Å²) in [5, 5.41) is 5.49. The van der Waals surface area contributed by atoms with Gasteiger partial charge in [-0.05, 0) is 24.3 Å². The van der Waals surface area contributed by atoms with Crippen LogP contribution >= 0.6 is 11.3 Å². The van der Waals surface area contributed by atoms with Gasteiger partial charge in [-0.25, -0.2) is 9.78 Å².